The fraction of sp³-hybridized carbons (Fsp3) is 0.235. The normalized spacial score (nSPS) is 12.7. The summed E-state index contributed by atoms with van der Waals surface area (Å²) in [5.74, 6) is -0.870. The van der Waals surface area contributed by atoms with Crippen molar-refractivity contribution in [3.8, 4) is 5.75 Å². The third kappa shape index (κ3) is 3.72. The van der Waals surface area contributed by atoms with Gasteiger partial charge in [0.2, 0.25) is 0 Å². The molecule has 0 unspecified atom stereocenters. The number of anilines is 1. The van der Waals surface area contributed by atoms with Crippen LogP contribution < -0.4 is 9.25 Å². The topological polar surface area (TPSA) is 98.1 Å². The SMILES string of the molecule is CC[C@@H](c1ccccc1)N(C(C)=O)c1cccc([As](=O)(O)O)c1O. The van der Waals surface area contributed by atoms with Gasteiger partial charge in [-0.2, -0.15) is 0 Å². The first-order valence-electron chi connectivity index (χ1n) is 7.50. The molecule has 0 saturated heterocycles. The second-order valence-corrected chi connectivity index (χ2v) is 8.71. The molecule has 1 amide bonds. The first-order valence-corrected chi connectivity index (χ1v) is 10.9. The Morgan fingerprint density at radius 3 is 2.25 bits per heavy atom. The summed E-state index contributed by atoms with van der Waals surface area (Å²) < 4.78 is 30.0. The summed E-state index contributed by atoms with van der Waals surface area (Å²) in [5.41, 5.74) is 0.974. The third-order valence-electron chi connectivity index (χ3n) is 3.79. The zero-order chi connectivity index (χ0) is 17.9. The number of rotatable bonds is 5. The Balaban J connectivity index is 2.60. The van der Waals surface area contributed by atoms with Crippen LogP contribution in [0.4, 0.5) is 5.69 Å². The number of carbonyl (C=O) groups is 1. The summed E-state index contributed by atoms with van der Waals surface area (Å²) >= 11 is -5.31. The Hall–Kier alpha value is -2.01. The number of phenols is 1. The minimum atomic E-state index is -5.31. The number of aromatic hydroxyl groups is 1. The van der Waals surface area contributed by atoms with Crippen LogP contribution in [0.1, 0.15) is 31.9 Å². The Morgan fingerprint density at radius 1 is 1.12 bits per heavy atom. The molecule has 0 aromatic heterocycles. The van der Waals surface area contributed by atoms with Gasteiger partial charge in [-0.1, -0.05) is 0 Å². The first kappa shape index (κ1) is 18.3. The fourth-order valence-corrected chi connectivity index (χ4v) is 4.16. The molecule has 0 saturated carbocycles. The van der Waals surface area contributed by atoms with Gasteiger partial charge in [0.1, 0.15) is 0 Å². The molecular weight excluding hydrogens is 373 g/mol. The molecule has 0 heterocycles. The number of phenolic OH excluding ortho intramolecular Hbond substituents is 1. The number of amides is 1. The van der Waals surface area contributed by atoms with Gasteiger partial charge in [-0.15, -0.1) is 0 Å². The standard InChI is InChI=1S/C17H20AsNO5/c1-3-15(13-8-5-4-6-9-13)19(12(2)20)16-11-7-10-14(17(16)21)18(22,23)24/h4-11,15,21H,3H2,1-2H3,(H2,22,23,24)/t15-/m0/s1. The summed E-state index contributed by atoms with van der Waals surface area (Å²) in [6.07, 6.45) is 0.578. The number of benzene rings is 2. The van der Waals surface area contributed by atoms with Crippen molar-refractivity contribution < 1.29 is 21.8 Å². The van der Waals surface area contributed by atoms with E-state index in [1.807, 2.05) is 37.3 Å². The molecule has 6 nitrogen and oxygen atoms in total. The molecule has 3 N–H and O–H groups in total. The van der Waals surface area contributed by atoms with Crippen LogP contribution in [0, 0.1) is 0 Å². The van der Waals surface area contributed by atoms with Crippen molar-refractivity contribution in [3.63, 3.8) is 0 Å². The van der Waals surface area contributed by atoms with Gasteiger partial charge >= 0.3 is 143 Å². The number of para-hydroxylation sites is 1. The van der Waals surface area contributed by atoms with Gasteiger partial charge in [0, 0.05) is 0 Å². The number of hydrogen-bond acceptors (Lipinski definition) is 3. The van der Waals surface area contributed by atoms with E-state index in [-0.39, 0.29) is 17.6 Å². The monoisotopic (exact) mass is 393 g/mol. The molecule has 7 heteroatoms. The van der Waals surface area contributed by atoms with Gasteiger partial charge in [0.15, 0.2) is 0 Å². The van der Waals surface area contributed by atoms with Crippen LogP contribution in [-0.4, -0.2) is 33.4 Å². The summed E-state index contributed by atoms with van der Waals surface area (Å²) in [7, 11) is 0. The van der Waals surface area contributed by atoms with Gasteiger partial charge < -0.3 is 0 Å². The van der Waals surface area contributed by atoms with Crippen LogP contribution in [0.25, 0.3) is 0 Å². The second kappa shape index (κ2) is 7.26. The van der Waals surface area contributed by atoms with Crippen LogP contribution in [-0.2, 0) is 8.53 Å². The molecule has 0 radical (unpaired) electrons. The van der Waals surface area contributed by atoms with E-state index in [4.69, 9.17) is 0 Å². The molecule has 0 aliphatic carbocycles. The van der Waals surface area contributed by atoms with Crippen LogP contribution in [0.3, 0.4) is 0 Å². The molecule has 0 aliphatic rings. The summed E-state index contributed by atoms with van der Waals surface area (Å²) in [5, 5.41) is 10.4. The molecule has 128 valence electrons. The molecular formula is C17H20AsNO5. The predicted octanol–water partition coefficient (Wildman–Crippen LogP) is 1.46. The van der Waals surface area contributed by atoms with Crippen LogP contribution in [0.5, 0.6) is 5.75 Å². The van der Waals surface area contributed by atoms with E-state index in [0.29, 0.717) is 6.42 Å². The van der Waals surface area contributed by atoms with Crippen molar-refractivity contribution in [2.75, 3.05) is 4.90 Å². The summed E-state index contributed by atoms with van der Waals surface area (Å²) in [4.78, 5) is 13.6. The number of nitrogens with zero attached hydrogens (tertiary/aromatic N) is 1. The second-order valence-electron chi connectivity index (χ2n) is 5.41. The first-order chi connectivity index (χ1) is 11.3. The average molecular weight is 393 g/mol. The van der Waals surface area contributed by atoms with Crippen molar-refractivity contribution in [2.24, 2.45) is 0 Å². The van der Waals surface area contributed by atoms with E-state index in [2.05, 4.69) is 0 Å². The maximum absolute atomic E-state index is 12.3. The van der Waals surface area contributed by atoms with Gasteiger partial charge in [0.05, 0.1) is 0 Å². The minimum absolute atomic E-state index is 0.0976. The molecule has 1 atom stereocenters. The molecule has 24 heavy (non-hydrogen) atoms. The third-order valence-corrected chi connectivity index (χ3v) is 5.86. The summed E-state index contributed by atoms with van der Waals surface area (Å²) in [6.45, 7) is 3.27. The van der Waals surface area contributed by atoms with Gasteiger partial charge in [-0.05, 0) is 0 Å². The molecule has 2 rings (SSSR count). The van der Waals surface area contributed by atoms with Gasteiger partial charge in [0.25, 0.3) is 0 Å². The van der Waals surface area contributed by atoms with Crippen molar-refractivity contribution >= 4 is 30.1 Å². The predicted molar refractivity (Wildman–Crippen MR) is 91.3 cm³/mol. The Bertz CT molecular complexity index is 772. The van der Waals surface area contributed by atoms with Crippen molar-refractivity contribution in [1.82, 2.24) is 0 Å². The molecule has 0 fully saturated rings. The molecule has 0 spiro atoms. The fourth-order valence-electron chi connectivity index (χ4n) is 2.75. The van der Waals surface area contributed by atoms with E-state index < -0.39 is 24.3 Å². The average Bonchev–Trinajstić information content (AvgIpc) is 2.52. The Kier molecular flexibility index (Phi) is 5.54. The quantitative estimate of drug-likeness (QED) is 0.669. The zero-order valence-electron chi connectivity index (χ0n) is 13.5. The molecule has 2 aromatic rings. The van der Waals surface area contributed by atoms with E-state index in [1.165, 1.54) is 30.0 Å². The molecule has 0 aliphatic heterocycles. The van der Waals surface area contributed by atoms with E-state index >= 15 is 0 Å². The van der Waals surface area contributed by atoms with Crippen LogP contribution in [0.2, 0.25) is 0 Å². The van der Waals surface area contributed by atoms with Crippen LogP contribution >= 0.6 is 0 Å². The van der Waals surface area contributed by atoms with E-state index in [1.54, 1.807) is 0 Å². The zero-order valence-corrected chi connectivity index (χ0v) is 15.3. The van der Waals surface area contributed by atoms with Gasteiger partial charge in [-0.25, -0.2) is 0 Å². The number of carbonyl (C=O) groups excluding carboxylic acids is 1. The van der Waals surface area contributed by atoms with E-state index in [9.17, 15) is 21.8 Å². The van der Waals surface area contributed by atoms with Crippen LogP contribution in [0.15, 0.2) is 48.5 Å². The van der Waals surface area contributed by atoms with Crippen molar-refractivity contribution in [2.45, 2.75) is 26.3 Å². The maximum atomic E-state index is 12.3. The van der Waals surface area contributed by atoms with E-state index in [0.717, 1.165) is 5.56 Å². The molecule has 2 aromatic carbocycles. The Morgan fingerprint density at radius 2 is 1.75 bits per heavy atom. The molecule has 0 bridgehead atoms. The summed E-state index contributed by atoms with van der Waals surface area (Å²) in [6, 6.07) is 13.1. The van der Waals surface area contributed by atoms with Crippen molar-refractivity contribution in [1.29, 1.82) is 0 Å². The Labute approximate surface area is 143 Å². The van der Waals surface area contributed by atoms with Gasteiger partial charge in [-0.3, -0.25) is 0 Å². The number of hydrogen-bond donors (Lipinski definition) is 3. The van der Waals surface area contributed by atoms with Crippen molar-refractivity contribution in [3.05, 3.63) is 54.1 Å².